The molecule has 2 aromatic carbocycles. The van der Waals surface area contributed by atoms with Crippen LogP contribution in [0.25, 0.3) is 6.08 Å². The second-order valence-electron chi connectivity index (χ2n) is 8.95. The van der Waals surface area contributed by atoms with Crippen LogP contribution in [0.5, 0.6) is 0 Å². The van der Waals surface area contributed by atoms with Crippen LogP contribution in [0.4, 0.5) is 11.4 Å². The summed E-state index contributed by atoms with van der Waals surface area (Å²) in [4.78, 5) is 6.69. The van der Waals surface area contributed by atoms with Gasteiger partial charge in [0.15, 0.2) is 0 Å². The molecule has 0 bridgehead atoms. The molecule has 2 aromatic rings. The fourth-order valence-corrected chi connectivity index (χ4v) is 4.58. The lowest BCUT2D eigenvalue weighted by Crippen LogP contribution is -2.41. The van der Waals surface area contributed by atoms with Crippen molar-refractivity contribution in [3.8, 4) is 0 Å². The van der Waals surface area contributed by atoms with E-state index in [-0.39, 0.29) is 6.04 Å². The molecular weight excluding hydrogens is 370 g/mol. The van der Waals surface area contributed by atoms with Crippen LogP contribution >= 0.6 is 0 Å². The first kappa shape index (κ1) is 20.5. The maximum atomic E-state index is 5.02. The van der Waals surface area contributed by atoms with Crippen LogP contribution in [0, 0.1) is 5.92 Å². The number of rotatable bonds is 4. The molecular formula is C25H33N5. The van der Waals surface area contributed by atoms with Crippen molar-refractivity contribution in [3.05, 3.63) is 65.2 Å². The lowest BCUT2D eigenvalue weighted by atomic mass is 9.83. The Morgan fingerprint density at radius 3 is 2.00 bits per heavy atom. The summed E-state index contributed by atoms with van der Waals surface area (Å²) in [5.74, 6) is 0.381. The van der Waals surface area contributed by atoms with Gasteiger partial charge in [-0.15, -0.1) is 0 Å². The molecule has 0 amide bonds. The quantitative estimate of drug-likeness (QED) is 0.775. The van der Waals surface area contributed by atoms with Gasteiger partial charge in [0.05, 0.1) is 11.8 Å². The largest absolute Gasteiger partial charge is 0.378 e. The standard InChI is InChI=1S/C25H33N5/c1-27(2)21-11-7-18(8-12-21)15-20-16-29(5)17-23-24(20)26-30(6)25(23)19-9-13-22(14-10-19)28(3)4/h7-15,23,25H,16-17H2,1-6H3. The van der Waals surface area contributed by atoms with Gasteiger partial charge < -0.3 is 14.7 Å². The van der Waals surface area contributed by atoms with E-state index in [0.717, 1.165) is 13.1 Å². The highest BCUT2D eigenvalue weighted by atomic mass is 15.5. The van der Waals surface area contributed by atoms with Crippen molar-refractivity contribution in [1.29, 1.82) is 0 Å². The third kappa shape index (κ3) is 3.94. The van der Waals surface area contributed by atoms with Crippen LogP contribution in [-0.2, 0) is 0 Å². The number of hydrogen-bond acceptors (Lipinski definition) is 5. The SMILES string of the molecule is CN1CC(=Cc2ccc(N(C)C)cc2)C2=NN(C)C(c3ccc(N(C)C)cc3)C2C1. The van der Waals surface area contributed by atoms with Gasteiger partial charge in [0, 0.05) is 65.6 Å². The first-order valence-electron chi connectivity index (χ1n) is 10.6. The zero-order valence-electron chi connectivity index (χ0n) is 19.0. The van der Waals surface area contributed by atoms with E-state index in [9.17, 15) is 0 Å². The van der Waals surface area contributed by atoms with Crippen molar-refractivity contribution >= 4 is 23.2 Å². The van der Waals surface area contributed by atoms with E-state index in [0.29, 0.717) is 5.92 Å². The molecule has 0 radical (unpaired) electrons. The van der Waals surface area contributed by atoms with Crippen molar-refractivity contribution < 1.29 is 0 Å². The van der Waals surface area contributed by atoms with Crippen LogP contribution in [0.15, 0.2) is 59.2 Å². The van der Waals surface area contributed by atoms with Crippen molar-refractivity contribution in [3.63, 3.8) is 0 Å². The van der Waals surface area contributed by atoms with Crippen molar-refractivity contribution in [2.75, 3.05) is 65.2 Å². The summed E-state index contributed by atoms with van der Waals surface area (Å²) in [6, 6.07) is 17.9. The molecule has 0 aliphatic carbocycles. The molecule has 0 saturated carbocycles. The third-order valence-corrected chi connectivity index (χ3v) is 6.18. The van der Waals surface area contributed by atoms with Gasteiger partial charge in [0.25, 0.3) is 0 Å². The number of piperidine rings is 1. The first-order valence-corrected chi connectivity index (χ1v) is 10.6. The fraction of sp³-hybridized carbons (Fsp3) is 0.400. The van der Waals surface area contributed by atoms with E-state index in [1.807, 2.05) is 0 Å². The molecule has 5 heteroatoms. The zero-order chi connectivity index (χ0) is 21.4. The molecule has 2 heterocycles. The van der Waals surface area contributed by atoms with Gasteiger partial charge >= 0.3 is 0 Å². The van der Waals surface area contributed by atoms with Crippen LogP contribution in [0.2, 0.25) is 0 Å². The van der Waals surface area contributed by atoms with E-state index in [4.69, 9.17) is 5.10 Å². The Balaban J connectivity index is 1.63. The molecule has 2 aliphatic heterocycles. The minimum Gasteiger partial charge on any atom is -0.378 e. The van der Waals surface area contributed by atoms with E-state index >= 15 is 0 Å². The Morgan fingerprint density at radius 1 is 0.867 bits per heavy atom. The number of benzene rings is 2. The number of fused-ring (bicyclic) bond motifs is 1. The van der Waals surface area contributed by atoms with Crippen LogP contribution < -0.4 is 9.80 Å². The van der Waals surface area contributed by atoms with Gasteiger partial charge in [0.1, 0.15) is 0 Å². The van der Waals surface area contributed by atoms with E-state index in [2.05, 4.69) is 117 Å². The second-order valence-corrected chi connectivity index (χ2v) is 8.95. The monoisotopic (exact) mass is 403 g/mol. The molecule has 0 aromatic heterocycles. The highest BCUT2D eigenvalue weighted by Crippen LogP contribution is 2.40. The minimum atomic E-state index is 0.276. The van der Waals surface area contributed by atoms with Gasteiger partial charge in [-0.05, 0) is 54.1 Å². The summed E-state index contributed by atoms with van der Waals surface area (Å²) in [5.41, 5.74) is 7.57. The van der Waals surface area contributed by atoms with Crippen molar-refractivity contribution in [2.45, 2.75) is 6.04 Å². The van der Waals surface area contributed by atoms with Crippen LogP contribution in [0.3, 0.4) is 0 Å². The number of nitrogens with zero attached hydrogens (tertiary/aromatic N) is 5. The summed E-state index contributed by atoms with van der Waals surface area (Å²) >= 11 is 0. The number of hydrogen-bond donors (Lipinski definition) is 0. The molecule has 2 aliphatic rings. The highest BCUT2D eigenvalue weighted by molar-refractivity contribution is 6.07. The summed E-state index contributed by atoms with van der Waals surface area (Å²) in [7, 11) is 12.6. The average molecular weight is 404 g/mol. The number of anilines is 2. The highest BCUT2D eigenvalue weighted by Gasteiger charge is 2.41. The molecule has 30 heavy (non-hydrogen) atoms. The van der Waals surface area contributed by atoms with Gasteiger partial charge in [-0.1, -0.05) is 24.3 Å². The summed E-state index contributed by atoms with van der Waals surface area (Å²) < 4.78 is 0. The van der Waals surface area contributed by atoms with E-state index in [1.54, 1.807) is 0 Å². The topological polar surface area (TPSA) is 25.3 Å². The number of likely N-dealkylation sites (N-methyl/N-ethyl adjacent to an activating group) is 1. The average Bonchev–Trinajstić information content (AvgIpc) is 3.04. The molecule has 2 atom stereocenters. The first-order chi connectivity index (χ1) is 14.3. The van der Waals surface area contributed by atoms with Crippen LogP contribution in [-0.4, -0.2) is 71.0 Å². The zero-order valence-corrected chi connectivity index (χ0v) is 19.0. The minimum absolute atomic E-state index is 0.276. The van der Waals surface area contributed by atoms with Gasteiger partial charge in [-0.2, -0.15) is 5.10 Å². The summed E-state index contributed by atoms with van der Waals surface area (Å²) in [5, 5.41) is 7.18. The maximum absolute atomic E-state index is 5.02. The van der Waals surface area contributed by atoms with E-state index < -0.39 is 0 Å². The Kier molecular flexibility index (Phi) is 5.56. The molecule has 0 N–H and O–H groups in total. The number of likely N-dealkylation sites (tertiary alicyclic amines) is 1. The molecule has 4 rings (SSSR count). The molecule has 1 saturated heterocycles. The van der Waals surface area contributed by atoms with Gasteiger partial charge in [-0.3, -0.25) is 5.01 Å². The van der Waals surface area contributed by atoms with Gasteiger partial charge in [0.2, 0.25) is 0 Å². The predicted molar refractivity (Wildman–Crippen MR) is 128 cm³/mol. The maximum Gasteiger partial charge on any atom is 0.0813 e. The fourth-order valence-electron chi connectivity index (χ4n) is 4.58. The Bertz CT molecular complexity index is 941. The smallest absolute Gasteiger partial charge is 0.0813 e. The van der Waals surface area contributed by atoms with Crippen molar-refractivity contribution in [2.24, 2.45) is 11.0 Å². The lowest BCUT2D eigenvalue weighted by molar-refractivity contribution is 0.211. The Morgan fingerprint density at radius 2 is 1.43 bits per heavy atom. The Labute approximate surface area is 180 Å². The lowest BCUT2D eigenvalue weighted by Gasteiger charge is -2.34. The molecule has 2 unspecified atom stereocenters. The second kappa shape index (κ2) is 8.15. The third-order valence-electron chi connectivity index (χ3n) is 6.18. The number of hydrazone groups is 1. The normalized spacial score (nSPS) is 22.8. The molecule has 158 valence electrons. The Hall–Kier alpha value is -2.79. The molecule has 1 fully saturated rings. The van der Waals surface area contributed by atoms with Crippen molar-refractivity contribution in [1.82, 2.24) is 9.91 Å². The summed E-state index contributed by atoms with van der Waals surface area (Å²) in [6.45, 7) is 1.96. The molecule has 5 nitrogen and oxygen atoms in total. The van der Waals surface area contributed by atoms with Gasteiger partial charge in [-0.25, -0.2) is 0 Å². The van der Waals surface area contributed by atoms with Crippen LogP contribution in [0.1, 0.15) is 17.2 Å². The van der Waals surface area contributed by atoms with E-state index in [1.165, 1.54) is 33.8 Å². The predicted octanol–water partition coefficient (Wildman–Crippen LogP) is 3.81. The molecule has 0 spiro atoms. The summed E-state index contributed by atoms with van der Waals surface area (Å²) in [6.07, 6.45) is 2.31.